The first-order valence-corrected chi connectivity index (χ1v) is 7.66. The SMILES string of the molecule is O=[N+]([O-])c1ccc(NC2CC3CCC(C2)N3)cc1I. The largest absolute Gasteiger partial charge is 0.382 e. The molecule has 0 aromatic heterocycles. The molecule has 2 fully saturated rings. The molecular formula is C13H16IN3O2. The van der Waals surface area contributed by atoms with Gasteiger partial charge in [-0.3, -0.25) is 10.1 Å². The summed E-state index contributed by atoms with van der Waals surface area (Å²) in [6, 6.07) is 7.03. The van der Waals surface area contributed by atoms with Crippen molar-refractivity contribution in [3.63, 3.8) is 0 Å². The summed E-state index contributed by atoms with van der Waals surface area (Å²) in [5, 5.41) is 17.9. The van der Waals surface area contributed by atoms with Crippen molar-refractivity contribution in [3.05, 3.63) is 31.9 Å². The topological polar surface area (TPSA) is 67.2 Å². The van der Waals surface area contributed by atoms with Gasteiger partial charge in [0, 0.05) is 29.9 Å². The molecule has 0 amide bonds. The number of fused-ring (bicyclic) bond motifs is 2. The number of nitrogens with one attached hydrogen (secondary N) is 2. The molecule has 19 heavy (non-hydrogen) atoms. The Morgan fingerprint density at radius 2 is 2.00 bits per heavy atom. The first-order chi connectivity index (χ1) is 9.11. The van der Waals surface area contributed by atoms with Gasteiger partial charge in [0.2, 0.25) is 0 Å². The molecule has 2 atom stereocenters. The van der Waals surface area contributed by atoms with Crippen LogP contribution in [0.15, 0.2) is 18.2 Å². The molecule has 5 nitrogen and oxygen atoms in total. The van der Waals surface area contributed by atoms with Crippen molar-refractivity contribution in [2.45, 2.75) is 43.8 Å². The molecule has 2 bridgehead atoms. The molecule has 2 unspecified atom stereocenters. The normalized spacial score (nSPS) is 29.2. The minimum Gasteiger partial charge on any atom is -0.382 e. The summed E-state index contributed by atoms with van der Waals surface area (Å²) in [5.74, 6) is 0. The second-order valence-corrected chi connectivity index (χ2v) is 6.54. The number of nitro benzene ring substituents is 1. The molecule has 0 saturated carbocycles. The Balaban J connectivity index is 1.70. The molecule has 0 spiro atoms. The molecular weight excluding hydrogens is 357 g/mol. The van der Waals surface area contributed by atoms with E-state index in [1.54, 1.807) is 6.07 Å². The van der Waals surface area contributed by atoms with E-state index in [-0.39, 0.29) is 10.6 Å². The maximum Gasteiger partial charge on any atom is 0.282 e. The maximum atomic E-state index is 10.8. The fourth-order valence-corrected chi connectivity index (χ4v) is 3.87. The third-order valence-corrected chi connectivity index (χ3v) is 4.85. The van der Waals surface area contributed by atoms with Gasteiger partial charge >= 0.3 is 0 Å². The third kappa shape index (κ3) is 2.84. The van der Waals surface area contributed by atoms with Crippen LogP contribution in [0.5, 0.6) is 0 Å². The second-order valence-electron chi connectivity index (χ2n) is 5.37. The highest BCUT2D eigenvalue weighted by molar-refractivity contribution is 14.1. The van der Waals surface area contributed by atoms with Crippen LogP contribution in [0, 0.1) is 13.7 Å². The fraction of sp³-hybridized carbons (Fsp3) is 0.538. The zero-order valence-corrected chi connectivity index (χ0v) is 12.6. The zero-order valence-electron chi connectivity index (χ0n) is 10.4. The fourth-order valence-electron chi connectivity index (χ4n) is 3.16. The number of rotatable bonds is 3. The summed E-state index contributed by atoms with van der Waals surface area (Å²) >= 11 is 2.02. The molecule has 102 valence electrons. The first-order valence-electron chi connectivity index (χ1n) is 6.58. The Morgan fingerprint density at radius 3 is 2.58 bits per heavy atom. The summed E-state index contributed by atoms with van der Waals surface area (Å²) in [7, 11) is 0. The predicted molar refractivity (Wildman–Crippen MR) is 82.4 cm³/mol. The predicted octanol–water partition coefficient (Wildman–Crippen LogP) is 2.89. The molecule has 2 N–H and O–H groups in total. The standard InChI is InChI=1S/C13H16IN3O2/c14-12-7-10(3-4-13(12)17(18)19)16-11-5-8-1-2-9(6-11)15-8/h3-4,7-9,11,15-16H,1-2,5-6H2. The van der Waals surface area contributed by atoms with Gasteiger partial charge in [0.1, 0.15) is 0 Å². The number of benzene rings is 1. The number of nitro groups is 1. The van der Waals surface area contributed by atoms with E-state index in [4.69, 9.17) is 0 Å². The average Bonchev–Trinajstić information content (AvgIpc) is 2.68. The van der Waals surface area contributed by atoms with Crippen molar-refractivity contribution in [3.8, 4) is 0 Å². The Hall–Kier alpha value is -0.890. The molecule has 3 rings (SSSR count). The lowest BCUT2D eigenvalue weighted by molar-refractivity contribution is -0.385. The van der Waals surface area contributed by atoms with E-state index < -0.39 is 0 Å². The van der Waals surface area contributed by atoms with Crippen molar-refractivity contribution >= 4 is 34.0 Å². The van der Waals surface area contributed by atoms with Crippen molar-refractivity contribution < 1.29 is 4.92 Å². The molecule has 2 saturated heterocycles. The number of hydrogen-bond acceptors (Lipinski definition) is 4. The van der Waals surface area contributed by atoms with Crippen LogP contribution in [-0.2, 0) is 0 Å². The van der Waals surface area contributed by atoms with Gasteiger partial charge in [-0.1, -0.05) is 0 Å². The molecule has 6 heteroatoms. The summed E-state index contributed by atoms with van der Waals surface area (Å²) in [5.41, 5.74) is 1.16. The van der Waals surface area contributed by atoms with Crippen LogP contribution in [0.1, 0.15) is 25.7 Å². The summed E-state index contributed by atoms with van der Waals surface area (Å²) < 4.78 is 0.685. The first kappa shape index (κ1) is 13.1. The van der Waals surface area contributed by atoms with Crippen LogP contribution in [0.2, 0.25) is 0 Å². The van der Waals surface area contributed by atoms with E-state index in [1.807, 2.05) is 34.7 Å². The highest BCUT2D eigenvalue weighted by atomic mass is 127. The summed E-state index contributed by atoms with van der Waals surface area (Å²) in [6.07, 6.45) is 4.84. The molecule has 1 aromatic rings. The quantitative estimate of drug-likeness (QED) is 0.486. The van der Waals surface area contributed by atoms with Crippen LogP contribution in [0.25, 0.3) is 0 Å². The van der Waals surface area contributed by atoms with E-state index in [0.717, 1.165) is 18.5 Å². The molecule has 2 heterocycles. The molecule has 0 radical (unpaired) electrons. The molecule has 0 aliphatic carbocycles. The minimum absolute atomic E-state index is 0.177. The van der Waals surface area contributed by atoms with Crippen molar-refractivity contribution in [1.29, 1.82) is 0 Å². The molecule has 2 aliphatic rings. The smallest absolute Gasteiger partial charge is 0.282 e. The number of piperidine rings is 1. The number of halogens is 1. The van der Waals surface area contributed by atoms with E-state index in [9.17, 15) is 10.1 Å². The zero-order chi connectivity index (χ0) is 13.4. The van der Waals surface area contributed by atoms with Crippen LogP contribution in [0.3, 0.4) is 0 Å². The lowest BCUT2D eigenvalue weighted by Gasteiger charge is -2.30. The Bertz CT molecular complexity index is 497. The highest BCUT2D eigenvalue weighted by Gasteiger charge is 2.33. The minimum atomic E-state index is -0.337. The van der Waals surface area contributed by atoms with Crippen molar-refractivity contribution in [2.24, 2.45) is 0 Å². The average molecular weight is 373 g/mol. The van der Waals surface area contributed by atoms with Crippen molar-refractivity contribution in [2.75, 3.05) is 5.32 Å². The van der Waals surface area contributed by atoms with Gasteiger partial charge in [-0.15, -0.1) is 0 Å². The Labute approximate surface area is 125 Å². The van der Waals surface area contributed by atoms with Crippen LogP contribution >= 0.6 is 22.6 Å². The van der Waals surface area contributed by atoms with Gasteiger partial charge in [-0.05, 0) is 60.4 Å². The Morgan fingerprint density at radius 1 is 1.32 bits per heavy atom. The van der Waals surface area contributed by atoms with E-state index in [0.29, 0.717) is 21.7 Å². The molecule has 2 aliphatic heterocycles. The molecule has 1 aromatic carbocycles. The van der Waals surface area contributed by atoms with Crippen LogP contribution in [0.4, 0.5) is 11.4 Å². The second kappa shape index (κ2) is 5.24. The highest BCUT2D eigenvalue weighted by Crippen LogP contribution is 2.30. The summed E-state index contributed by atoms with van der Waals surface area (Å²) in [6.45, 7) is 0. The monoisotopic (exact) mass is 373 g/mol. The lowest BCUT2D eigenvalue weighted by Crippen LogP contribution is -2.43. The summed E-state index contributed by atoms with van der Waals surface area (Å²) in [4.78, 5) is 10.5. The Kier molecular flexibility index (Phi) is 3.62. The number of anilines is 1. The van der Waals surface area contributed by atoms with Crippen molar-refractivity contribution in [1.82, 2.24) is 5.32 Å². The third-order valence-electron chi connectivity index (χ3n) is 3.99. The van der Waals surface area contributed by atoms with E-state index >= 15 is 0 Å². The number of hydrogen-bond donors (Lipinski definition) is 2. The van der Waals surface area contributed by atoms with Gasteiger partial charge in [-0.25, -0.2) is 0 Å². The van der Waals surface area contributed by atoms with Gasteiger partial charge in [-0.2, -0.15) is 0 Å². The van der Waals surface area contributed by atoms with Gasteiger partial charge in [0.15, 0.2) is 0 Å². The maximum absolute atomic E-state index is 10.8. The van der Waals surface area contributed by atoms with E-state index in [2.05, 4.69) is 10.6 Å². The van der Waals surface area contributed by atoms with Gasteiger partial charge in [0.25, 0.3) is 5.69 Å². The van der Waals surface area contributed by atoms with Crippen LogP contribution < -0.4 is 10.6 Å². The lowest BCUT2D eigenvalue weighted by atomic mass is 9.99. The number of nitrogens with zero attached hydrogens (tertiary/aromatic N) is 1. The van der Waals surface area contributed by atoms with E-state index in [1.165, 1.54) is 12.8 Å². The van der Waals surface area contributed by atoms with Gasteiger partial charge in [0.05, 0.1) is 8.49 Å². The van der Waals surface area contributed by atoms with Gasteiger partial charge < -0.3 is 10.6 Å². The van der Waals surface area contributed by atoms with Crippen LogP contribution in [-0.4, -0.2) is 23.0 Å².